The number of rotatable bonds is 4. The smallest absolute Gasteiger partial charge is 0.249 e. The van der Waals surface area contributed by atoms with Crippen LogP contribution in [0, 0.1) is 0 Å². The molecule has 2 rings (SSSR count). The quantitative estimate of drug-likeness (QED) is 0.758. The predicted molar refractivity (Wildman–Crippen MR) is 69.5 cm³/mol. The number of nitrogens with zero attached hydrogens (tertiary/aromatic N) is 2. The molecular formula is C11H16N4O2S. The van der Waals surface area contributed by atoms with Gasteiger partial charge in [-0.1, -0.05) is 6.92 Å². The molecule has 2 amide bonds. The van der Waals surface area contributed by atoms with Crippen LogP contribution < -0.4 is 15.5 Å². The summed E-state index contributed by atoms with van der Waals surface area (Å²) >= 11 is 1.51. The lowest BCUT2D eigenvalue weighted by Gasteiger charge is -2.31. The topological polar surface area (TPSA) is 74.3 Å². The van der Waals surface area contributed by atoms with Crippen LogP contribution in [-0.2, 0) is 16.1 Å². The molecule has 1 aliphatic rings. The van der Waals surface area contributed by atoms with E-state index in [0.29, 0.717) is 0 Å². The normalized spacial score (nSPS) is 20.1. The minimum absolute atomic E-state index is 0.182. The van der Waals surface area contributed by atoms with Crippen molar-refractivity contribution in [3.05, 3.63) is 11.1 Å². The molecule has 0 spiro atoms. The van der Waals surface area contributed by atoms with Crippen LogP contribution >= 0.6 is 11.3 Å². The Hall–Kier alpha value is -1.47. The fraction of sp³-hybridized carbons (Fsp3) is 0.545. The van der Waals surface area contributed by atoms with Gasteiger partial charge >= 0.3 is 0 Å². The Morgan fingerprint density at radius 2 is 2.39 bits per heavy atom. The highest BCUT2D eigenvalue weighted by atomic mass is 32.1. The highest BCUT2D eigenvalue weighted by Gasteiger charge is 2.31. The van der Waals surface area contributed by atoms with Gasteiger partial charge in [0.25, 0.3) is 0 Å². The number of hydrogen-bond donors (Lipinski definition) is 2. The summed E-state index contributed by atoms with van der Waals surface area (Å²) in [6, 6.07) is -0.360. The number of piperazine rings is 1. The summed E-state index contributed by atoms with van der Waals surface area (Å²) < 4.78 is 0. The van der Waals surface area contributed by atoms with Crippen LogP contribution in [0.1, 0.15) is 18.7 Å². The molecule has 98 valence electrons. The first-order valence-electron chi connectivity index (χ1n) is 5.87. The summed E-state index contributed by atoms with van der Waals surface area (Å²) in [5.74, 6) is -0.545. The van der Waals surface area contributed by atoms with Crippen molar-refractivity contribution in [1.29, 1.82) is 0 Å². The number of aromatic nitrogens is 1. The molecule has 1 atom stereocenters. The van der Waals surface area contributed by atoms with Gasteiger partial charge in [0.2, 0.25) is 11.8 Å². The number of nitrogens with one attached hydrogen (secondary N) is 2. The summed E-state index contributed by atoms with van der Waals surface area (Å²) in [6.45, 7) is 5.65. The van der Waals surface area contributed by atoms with Gasteiger partial charge in [0, 0.05) is 17.6 Å². The molecule has 2 heterocycles. The zero-order valence-corrected chi connectivity index (χ0v) is 11.2. The van der Waals surface area contributed by atoms with Crippen LogP contribution in [0.15, 0.2) is 6.20 Å². The molecule has 0 aliphatic carbocycles. The standard InChI is InChI=1S/C11H16N4O2S/c1-3-12-4-8-5-13-11(18-8)15-6-9(16)14-10(17)7(15)2/h5,7,12H,3-4,6H2,1-2H3,(H,14,16,17). The van der Waals surface area contributed by atoms with Gasteiger partial charge in [0.05, 0.1) is 0 Å². The first kappa shape index (κ1) is 13.0. The van der Waals surface area contributed by atoms with Crippen molar-refractivity contribution in [2.45, 2.75) is 26.4 Å². The summed E-state index contributed by atoms with van der Waals surface area (Å²) in [4.78, 5) is 30.0. The lowest BCUT2D eigenvalue weighted by Crippen LogP contribution is -2.57. The Bertz CT molecular complexity index is 460. The third kappa shape index (κ3) is 2.68. The molecule has 0 bridgehead atoms. The summed E-state index contributed by atoms with van der Waals surface area (Å²) in [7, 11) is 0. The van der Waals surface area contributed by atoms with Crippen molar-refractivity contribution in [2.24, 2.45) is 0 Å². The molecule has 0 saturated carbocycles. The Labute approximate surface area is 109 Å². The maximum absolute atomic E-state index is 11.6. The van der Waals surface area contributed by atoms with Gasteiger partial charge < -0.3 is 10.2 Å². The fourth-order valence-electron chi connectivity index (χ4n) is 1.71. The molecule has 1 unspecified atom stereocenters. The SMILES string of the molecule is CCNCc1cnc(N2CC(=O)NC(=O)C2C)s1. The Morgan fingerprint density at radius 1 is 1.61 bits per heavy atom. The molecule has 18 heavy (non-hydrogen) atoms. The second kappa shape index (κ2) is 5.45. The van der Waals surface area contributed by atoms with Crippen molar-refractivity contribution < 1.29 is 9.59 Å². The monoisotopic (exact) mass is 268 g/mol. The lowest BCUT2D eigenvalue weighted by molar-refractivity contribution is -0.132. The molecule has 7 heteroatoms. The number of anilines is 1. The highest BCUT2D eigenvalue weighted by molar-refractivity contribution is 7.15. The number of amides is 2. The van der Waals surface area contributed by atoms with E-state index in [9.17, 15) is 9.59 Å². The third-order valence-electron chi connectivity index (χ3n) is 2.76. The van der Waals surface area contributed by atoms with Crippen LogP contribution in [0.4, 0.5) is 5.13 Å². The van der Waals surface area contributed by atoms with E-state index < -0.39 is 0 Å². The maximum atomic E-state index is 11.6. The van der Waals surface area contributed by atoms with E-state index in [1.165, 1.54) is 11.3 Å². The van der Waals surface area contributed by atoms with Gasteiger partial charge in [0.1, 0.15) is 12.6 Å². The molecule has 6 nitrogen and oxygen atoms in total. The van der Waals surface area contributed by atoms with Crippen molar-refractivity contribution in [3.8, 4) is 0 Å². The Kier molecular flexibility index (Phi) is 3.93. The van der Waals surface area contributed by atoms with Crippen LogP contribution in [0.25, 0.3) is 0 Å². The van der Waals surface area contributed by atoms with E-state index in [4.69, 9.17) is 0 Å². The average Bonchev–Trinajstić information content (AvgIpc) is 2.79. The molecule has 2 N–H and O–H groups in total. The number of hydrogen-bond acceptors (Lipinski definition) is 6. The molecular weight excluding hydrogens is 252 g/mol. The van der Waals surface area contributed by atoms with Crippen LogP contribution in [-0.4, -0.2) is 35.9 Å². The van der Waals surface area contributed by atoms with Crippen molar-refractivity contribution in [2.75, 3.05) is 18.0 Å². The second-order valence-corrected chi connectivity index (χ2v) is 5.20. The maximum Gasteiger partial charge on any atom is 0.249 e. The summed E-state index contributed by atoms with van der Waals surface area (Å²) in [5, 5.41) is 6.25. The van der Waals surface area contributed by atoms with Gasteiger partial charge in [-0.3, -0.25) is 14.9 Å². The van der Waals surface area contributed by atoms with Crippen molar-refractivity contribution >= 4 is 28.3 Å². The zero-order chi connectivity index (χ0) is 13.1. The molecule has 1 saturated heterocycles. The number of carbonyl (C=O) groups excluding carboxylic acids is 2. The minimum Gasteiger partial charge on any atom is -0.327 e. The molecule has 0 radical (unpaired) electrons. The summed E-state index contributed by atoms with van der Waals surface area (Å²) in [5.41, 5.74) is 0. The van der Waals surface area contributed by atoms with E-state index in [0.717, 1.165) is 23.1 Å². The van der Waals surface area contributed by atoms with Gasteiger partial charge in [-0.05, 0) is 13.5 Å². The van der Waals surface area contributed by atoms with Crippen molar-refractivity contribution in [3.63, 3.8) is 0 Å². The minimum atomic E-state index is -0.360. The van der Waals surface area contributed by atoms with E-state index in [1.807, 2.05) is 6.92 Å². The van der Waals surface area contributed by atoms with Gasteiger partial charge in [-0.15, -0.1) is 11.3 Å². The first-order chi connectivity index (χ1) is 8.61. The fourth-order valence-corrected chi connectivity index (χ4v) is 2.67. The van der Waals surface area contributed by atoms with Crippen LogP contribution in [0.5, 0.6) is 0 Å². The molecule has 1 aromatic heterocycles. The van der Waals surface area contributed by atoms with Gasteiger partial charge in [0.15, 0.2) is 5.13 Å². The van der Waals surface area contributed by atoms with Gasteiger partial charge in [-0.2, -0.15) is 0 Å². The van der Waals surface area contributed by atoms with Gasteiger partial charge in [-0.25, -0.2) is 4.98 Å². The predicted octanol–water partition coefficient (Wildman–Crippen LogP) is 0.104. The van der Waals surface area contributed by atoms with E-state index in [1.54, 1.807) is 18.0 Å². The third-order valence-corrected chi connectivity index (χ3v) is 3.79. The largest absolute Gasteiger partial charge is 0.327 e. The Morgan fingerprint density at radius 3 is 3.11 bits per heavy atom. The van der Waals surface area contributed by atoms with Crippen LogP contribution in [0.3, 0.4) is 0 Å². The van der Waals surface area contributed by atoms with E-state index in [-0.39, 0.29) is 24.4 Å². The first-order valence-corrected chi connectivity index (χ1v) is 6.69. The lowest BCUT2D eigenvalue weighted by atomic mass is 10.2. The van der Waals surface area contributed by atoms with Crippen LogP contribution in [0.2, 0.25) is 0 Å². The second-order valence-electron chi connectivity index (χ2n) is 4.11. The average molecular weight is 268 g/mol. The highest BCUT2D eigenvalue weighted by Crippen LogP contribution is 2.25. The molecule has 1 fully saturated rings. The molecule has 1 aliphatic heterocycles. The number of thiazole rings is 1. The van der Waals surface area contributed by atoms with E-state index in [2.05, 4.69) is 15.6 Å². The number of carbonyl (C=O) groups is 2. The Balaban J connectivity index is 2.12. The van der Waals surface area contributed by atoms with Crippen molar-refractivity contribution in [1.82, 2.24) is 15.6 Å². The zero-order valence-electron chi connectivity index (χ0n) is 10.4. The molecule has 0 aromatic carbocycles. The summed E-state index contributed by atoms with van der Waals surface area (Å²) in [6.07, 6.45) is 1.78. The number of imide groups is 1. The van der Waals surface area contributed by atoms with E-state index >= 15 is 0 Å². The molecule has 1 aromatic rings.